The van der Waals surface area contributed by atoms with E-state index in [1.165, 1.54) is 0 Å². The number of hydrogen-bond donors (Lipinski definition) is 1. The molecular formula is C17H20N2O2. The molecule has 2 heterocycles. The number of carboxylic acid groups (broad SMARTS) is 1. The van der Waals surface area contributed by atoms with Crippen LogP contribution in [0.25, 0.3) is 6.08 Å². The lowest BCUT2D eigenvalue weighted by molar-refractivity contribution is -0.132. The SMILES string of the molecule is C/C(=C/c1ccc(Cc2cccnc2)n1C(C)C)C(=O)O. The van der Waals surface area contributed by atoms with Crippen molar-refractivity contribution in [3.05, 3.63) is 59.2 Å². The van der Waals surface area contributed by atoms with Gasteiger partial charge in [-0.25, -0.2) is 4.79 Å². The molecule has 0 aliphatic carbocycles. The van der Waals surface area contributed by atoms with Crippen LogP contribution < -0.4 is 0 Å². The average Bonchev–Trinajstić information content (AvgIpc) is 2.82. The molecule has 2 aromatic heterocycles. The van der Waals surface area contributed by atoms with Crippen LogP contribution in [0.5, 0.6) is 0 Å². The van der Waals surface area contributed by atoms with Gasteiger partial charge in [-0.1, -0.05) is 6.07 Å². The monoisotopic (exact) mass is 284 g/mol. The number of hydrogen-bond acceptors (Lipinski definition) is 2. The first-order valence-corrected chi connectivity index (χ1v) is 6.99. The predicted molar refractivity (Wildman–Crippen MR) is 83.1 cm³/mol. The maximum absolute atomic E-state index is 11.0. The minimum atomic E-state index is -0.889. The summed E-state index contributed by atoms with van der Waals surface area (Å²) in [5.41, 5.74) is 3.55. The van der Waals surface area contributed by atoms with E-state index in [2.05, 4.69) is 23.4 Å². The lowest BCUT2D eigenvalue weighted by Crippen LogP contribution is -2.08. The molecule has 0 aromatic carbocycles. The Morgan fingerprint density at radius 1 is 1.38 bits per heavy atom. The van der Waals surface area contributed by atoms with Crippen molar-refractivity contribution in [3.8, 4) is 0 Å². The topological polar surface area (TPSA) is 55.1 Å². The number of nitrogens with zero attached hydrogens (tertiary/aromatic N) is 2. The summed E-state index contributed by atoms with van der Waals surface area (Å²) in [6.45, 7) is 5.81. The molecule has 0 fully saturated rings. The second-order valence-electron chi connectivity index (χ2n) is 5.38. The summed E-state index contributed by atoms with van der Waals surface area (Å²) >= 11 is 0. The van der Waals surface area contributed by atoms with Crippen molar-refractivity contribution >= 4 is 12.0 Å². The summed E-state index contributed by atoms with van der Waals surface area (Å²) in [4.78, 5) is 15.1. The molecule has 4 heteroatoms. The molecule has 0 spiro atoms. The number of carbonyl (C=O) groups is 1. The van der Waals surface area contributed by atoms with Crippen molar-refractivity contribution in [3.63, 3.8) is 0 Å². The molecule has 0 bridgehead atoms. The fourth-order valence-electron chi connectivity index (χ4n) is 2.39. The zero-order valence-corrected chi connectivity index (χ0v) is 12.6. The highest BCUT2D eigenvalue weighted by atomic mass is 16.4. The minimum absolute atomic E-state index is 0.263. The number of aliphatic carboxylic acids is 1. The maximum atomic E-state index is 11.0. The molecule has 2 rings (SSSR count). The highest BCUT2D eigenvalue weighted by Gasteiger charge is 2.11. The van der Waals surface area contributed by atoms with Crippen molar-refractivity contribution in [1.82, 2.24) is 9.55 Å². The van der Waals surface area contributed by atoms with Gasteiger partial charge in [-0.15, -0.1) is 0 Å². The zero-order chi connectivity index (χ0) is 15.4. The van der Waals surface area contributed by atoms with E-state index in [9.17, 15) is 4.79 Å². The Hall–Kier alpha value is -2.36. The highest BCUT2D eigenvalue weighted by molar-refractivity contribution is 5.91. The van der Waals surface area contributed by atoms with Gasteiger partial charge in [0.25, 0.3) is 0 Å². The van der Waals surface area contributed by atoms with Crippen LogP contribution in [0.4, 0.5) is 0 Å². The van der Waals surface area contributed by atoms with Crippen LogP contribution >= 0.6 is 0 Å². The van der Waals surface area contributed by atoms with E-state index in [4.69, 9.17) is 5.11 Å². The van der Waals surface area contributed by atoms with E-state index in [1.54, 1.807) is 19.2 Å². The fraction of sp³-hybridized carbons (Fsp3) is 0.294. The smallest absolute Gasteiger partial charge is 0.331 e. The lowest BCUT2D eigenvalue weighted by Gasteiger charge is -2.16. The Bertz CT molecular complexity index is 655. The molecule has 0 radical (unpaired) electrons. The van der Waals surface area contributed by atoms with Gasteiger partial charge in [0.1, 0.15) is 0 Å². The van der Waals surface area contributed by atoms with Crippen molar-refractivity contribution in [1.29, 1.82) is 0 Å². The molecule has 0 unspecified atom stereocenters. The number of carboxylic acids is 1. The van der Waals surface area contributed by atoms with Gasteiger partial charge in [-0.3, -0.25) is 4.98 Å². The Kier molecular flexibility index (Phi) is 4.58. The van der Waals surface area contributed by atoms with E-state index in [-0.39, 0.29) is 6.04 Å². The van der Waals surface area contributed by atoms with Crippen molar-refractivity contribution in [2.24, 2.45) is 0 Å². The molecule has 1 N–H and O–H groups in total. The second kappa shape index (κ2) is 6.39. The summed E-state index contributed by atoms with van der Waals surface area (Å²) in [6, 6.07) is 8.25. The van der Waals surface area contributed by atoms with Crippen LogP contribution in [-0.2, 0) is 11.2 Å². The molecular weight excluding hydrogens is 264 g/mol. The molecule has 0 amide bonds. The van der Waals surface area contributed by atoms with E-state index >= 15 is 0 Å². The van der Waals surface area contributed by atoms with Gasteiger partial charge in [0.2, 0.25) is 0 Å². The molecule has 0 saturated carbocycles. The van der Waals surface area contributed by atoms with Crippen molar-refractivity contribution in [2.45, 2.75) is 33.2 Å². The first-order valence-electron chi connectivity index (χ1n) is 6.99. The molecule has 0 saturated heterocycles. The van der Waals surface area contributed by atoms with Gasteiger partial charge in [-0.2, -0.15) is 0 Å². The second-order valence-corrected chi connectivity index (χ2v) is 5.38. The van der Waals surface area contributed by atoms with Crippen LogP contribution in [0, 0.1) is 0 Å². The maximum Gasteiger partial charge on any atom is 0.331 e. The van der Waals surface area contributed by atoms with Crippen LogP contribution in [0.1, 0.15) is 43.8 Å². The Morgan fingerprint density at radius 3 is 2.71 bits per heavy atom. The molecule has 0 aliphatic rings. The number of rotatable bonds is 5. The number of pyridine rings is 1. The van der Waals surface area contributed by atoms with Crippen LogP contribution in [0.3, 0.4) is 0 Å². The van der Waals surface area contributed by atoms with Gasteiger partial charge in [0.05, 0.1) is 0 Å². The highest BCUT2D eigenvalue weighted by Crippen LogP contribution is 2.21. The summed E-state index contributed by atoms with van der Waals surface area (Å²) in [5.74, 6) is -0.889. The quantitative estimate of drug-likeness (QED) is 0.854. The molecule has 0 aliphatic heterocycles. The van der Waals surface area contributed by atoms with E-state index < -0.39 is 5.97 Å². The molecule has 2 aromatic rings. The zero-order valence-electron chi connectivity index (χ0n) is 12.6. The minimum Gasteiger partial charge on any atom is -0.478 e. The van der Waals surface area contributed by atoms with Gasteiger partial charge >= 0.3 is 5.97 Å². The van der Waals surface area contributed by atoms with E-state index in [1.807, 2.05) is 30.5 Å². The van der Waals surface area contributed by atoms with Crippen LogP contribution in [0.15, 0.2) is 42.2 Å². The predicted octanol–water partition coefficient (Wildman–Crippen LogP) is 3.54. The van der Waals surface area contributed by atoms with Gasteiger partial charge in [0.15, 0.2) is 0 Å². The van der Waals surface area contributed by atoms with E-state index in [0.29, 0.717) is 5.57 Å². The summed E-state index contributed by atoms with van der Waals surface area (Å²) < 4.78 is 2.17. The summed E-state index contributed by atoms with van der Waals surface area (Å²) in [6.07, 6.45) is 6.12. The van der Waals surface area contributed by atoms with Crippen molar-refractivity contribution in [2.75, 3.05) is 0 Å². The van der Waals surface area contributed by atoms with E-state index in [0.717, 1.165) is 23.4 Å². The number of aromatic nitrogens is 2. The Morgan fingerprint density at radius 2 is 2.14 bits per heavy atom. The third-order valence-electron chi connectivity index (χ3n) is 3.36. The molecule has 0 atom stereocenters. The van der Waals surface area contributed by atoms with Crippen LogP contribution in [0.2, 0.25) is 0 Å². The van der Waals surface area contributed by atoms with Gasteiger partial charge < -0.3 is 9.67 Å². The van der Waals surface area contributed by atoms with Gasteiger partial charge in [0, 0.05) is 41.8 Å². The average molecular weight is 284 g/mol. The molecule has 4 nitrogen and oxygen atoms in total. The third-order valence-corrected chi connectivity index (χ3v) is 3.36. The largest absolute Gasteiger partial charge is 0.478 e. The normalized spacial score (nSPS) is 11.9. The first kappa shape index (κ1) is 15.0. The first-order chi connectivity index (χ1) is 9.99. The fourth-order valence-corrected chi connectivity index (χ4v) is 2.39. The van der Waals surface area contributed by atoms with Crippen molar-refractivity contribution < 1.29 is 9.90 Å². The summed E-state index contributed by atoms with van der Waals surface area (Å²) in [7, 11) is 0. The van der Waals surface area contributed by atoms with Crippen LogP contribution in [-0.4, -0.2) is 20.6 Å². The Labute approximate surface area is 124 Å². The lowest BCUT2D eigenvalue weighted by atomic mass is 10.1. The van der Waals surface area contributed by atoms with Gasteiger partial charge in [-0.05, 0) is 50.6 Å². The standard InChI is InChI=1S/C17H20N2O2/c1-12(2)19-15(9-13(3)17(20)21)6-7-16(19)10-14-5-4-8-18-11-14/h4-9,11-12H,10H2,1-3H3,(H,20,21)/b13-9-. The summed E-state index contributed by atoms with van der Waals surface area (Å²) in [5, 5.41) is 9.03. The molecule has 21 heavy (non-hydrogen) atoms. The Balaban J connectivity index is 2.38. The molecule has 110 valence electrons. The third kappa shape index (κ3) is 3.60.